The first-order valence-electron chi connectivity index (χ1n) is 1.55. The molecule has 0 N–H and O–H groups in total. The predicted octanol–water partition coefficient (Wildman–Crippen LogP) is 1.48. The highest BCUT2D eigenvalue weighted by Gasteiger charge is 1.79. The van der Waals surface area contributed by atoms with Crippen molar-refractivity contribution in [2.75, 3.05) is 0 Å². The van der Waals surface area contributed by atoms with Gasteiger partial charge in [0.1, 0.15) is 0 Å². The Kier molecular flexibility index (Phi) is 18.6. The Labute approximate surface area is 48.5 Å². The first kappa shape index (κ1) is 15.7. The molecule has 0 radical (unpaired) electrons. The monoisotopic (exact) mass is 122 g/mol. The van der Waals surface area contributed by atoms with Crippen LogP contribution in [-0.2, 0) is 9.53 Å². The smallest absolute Gasteiger partial charge is 0.307 e. The number of halogens is 1. The van der Waals surface area contributed by atoms with E-state index in [9.17, 15) is 4.79 Å². The van der Waals surface area contributed by atoms with Crippen LogP contribution in [0.4, 0.5) is 4.70 Å². The van der Waals surface area contributed by atoms with Crippen LogP contribution in [0.25, 0.3) is 0 Å². The topological polar surface area (TPSA) is 26.3 Å². The molecular weight excluding hydrogens is 111 g/mol. The average Bonchev–Trinajstić information content (AvgIpc) is 1.35. The molecule has 0 aliphatic rings. The number of hydrogen-bond acceptors (Lipinski definition) is 2. The molecule has 0 unspecified atom stereocenters. The molecule has 50 valence electrons. The van der Waals surface area contributed by atoms with Crippen LogP contribution in [-0.4, -0.2) is 5.97 Å². The zero-order valence-corrected chi connectivity index (χ0v) is 4.01. The Morgan fingerprint density at radius 3 is 2.12 bits per heavy atom. The van der Waals surface area contributed by atoms with Gasteiger partial charge in [-0.15, -0.1) is 0 Å². The van der Waals surface area contributed by atoms with E-state index < -0.39 is 0 Å². The summed E-state index contributed by atoms with van der Waals surface area (Å²) >= 11 is 0. The van der Waals surface area contributed by atoms with Crippen LogP contribution in [0.3, 0.4) is 0 Å². The molecular formula is C5H11FO2. The molecule has 0 rings (SSSR count). The van der Waals surface area contributed by atoms with Crippen LogP contribution >= 0.6 is 0 Å². The molecule has 0 aromatic heterocycles. The Morgan fingerprint density at radius 1 is 1.75 bits per heavy atom. The molecule has 0 aliphatic heterocycles. The van der Waals surface area contributed by atoms with Gasteiger partial charge in [0.05, 0.1) is 6.26 Å². The zero-order valence-electron chi connectivity index (χ0n) is 4.01. The maximum absolute atomic E-state index is 9.75. The maximum Gasteiger partial charge on any atom is 0.307 e. The number of esters is 1. The van der Waals surface area contributed by atoms with Crippen LogP contribution in [0, 0.1) is 0 Å². The van der Waals surface area contributed by atoms with Gasteiger partial charge in [0.2, 0.25) is 0 Å². The van der Waals surface area contributed by atoms with E-state index in [1.807, 2.05) is 0 Å². The number of hydrogen-bond donors (Lipinski definition) is 0. The molecule has 0 spiro atoms. The van der Waals surface area contributed by atoms with Gasteiger partial charge >= 0.3 is 5.97 Å². The van der Waals surface area contributed by atoms with Gasteiger partial charge in [-0.1, -0.05) is 14.0 Å². The normalized spacial score (nSPS) is 5.12. The summed E-state index contributed by atoms with van der Waals surface area (Å²) in [5.74, 6) is -0.329. The second-order valence-electron chi connectivity index (χ2n) is 0.776. The molecule has 0 aromatic carbocycles. The van der Waals surface area contributed by atoms with Crippen LogP contribution in [0.1, 0.15) is 14.4 Å². The number of rotatable bonds is 1. The van der Waals surface area contributed by atoms with Gasteiger partial charge in [0.25, 0.3) is 0 Å². The fraction of sp³-hybridized carbons (Fsp3) is 0.400. The molecule has 0 heterocycles. The van der Waals surface area contributed by atoms with Crippen molar-refractivity contribution in [2.24, 2.45) is 0 Å². The highest BCUT2D eigenvalue weighted by molar-refractivity contribution is 5.66. The number of carbonyl (C=O) groups excluding carboxylic acids is 1. The Morgan fingerprint density at radius 2 is 2.12 bits per heavy atom. The van der Waals surface area contributed by atoms with Gasteiger partial charge in [-0.3, -0.25) is 9.50 Å². The lowest BCUT2D eigenvalue weighted by atomic mass is 10.8. The summed E-state index contributed by atoms with van der Waals surface area (Å²) in [5, 5.41) is 0. The average molecular weight is 122 g/mol. The fourth-order valence-corrected chi connectivity index (χ4v) is 0.117. The molecule has 0 atom stereocenters. The lowest BCUT2D eigenvalue weighted by Crippen LogP contribution is -1.87. The van der Waals surface area contributed by atoms with Crippen LogP contribution in [0.2, 0.25) is 0 Å². The number of ether oxygens (including phenoxy) is 1. The molecule has 0 fully saturated rings. The van der Waals surface area contributed by atoms with Crippen LogP contribution in [0.5, 0.6) is 0 Å². The lowest BCUT2D eigenvalue weighted by Gasteiger charge is -1.83. The van der Waals surface area contributed by atoms with Gasteiger partial charge in [0, 0.05) is 6.92 Å². The first-order valence-corrected chi connectivity index (χ1v) is 1.55. The molecule has 0 aliphatic carbocycles. The lowest BCUT2D eigenvalue weighted by molar-refractivity contribution is -0.135. The third-order valence-corrected chi connectivity index (χ3v) is 0.249. The van der Waals surface area contributed by atoms with E-state index in [0.717, 1.165) is 6.26 Å². The minimum absolute atomic E-state index is 0. The van der Waals surface area contributed by atoms with Crippen molar-refractivity contribution in [1.29, 1.82) is 0 Å². The van der Waals surface area contributed by atoms with E-state index in [-0.39, 0.29) is 18.1 Å². The molecule has 0 aromatic rings. The molecule has 2 nitrogen and oxygen atoms in total. The largest absolute Gasteiger partial charge is 0.435 e. The third-order valence-electron chi connectivity index (χ3n) is 0.249. The quantitative estimate of drug-likeness (QED) is 0.389. The number of carbonyl (C=O) groups is 1. The van der Waals surface area contributed by atoms with Crippen molar-refractivity contribution in [3.05, 3.63) is 12.8 Å². The summed E-state index contributed by atoms with van der Waals surface area (Å²) in [4.78, 5) is 9.75. The third kappa shape index (κ3) is 19.2. The van der Waals surface area contributed by atoms with Gasteiger partial charge in [0.15, 0.2) is 0 Å². The summed E-state index contributed by atoms with van der Waals surface area (Å²) in [7, 11) is 0. The van der Waals surface area contributed by atoms with Crippen molar-refractivity contribution in [1.82, 2.24) is 0 Å². The predicted molar refractivity (Wildman–Crippen MR) is 31.2 cm³/mol. The van der Waals surface area contributed by atoms with Gasteiger partial charge < -0.3 is 4.74 Å². The summed E-state index contributed by atoms with van der Waals surface area (Å²) in [6.07, 6.45) is 1.10. The Bertz CT molecular complexity index is 70.8. The molecule has 0 bridgehead atoms. The van der Waals surface area contributed by atoms with Gasteiger partial charge in [-0.05, 0) is 0 Å². The van der Waals surface area contributed by atoms with Crippen molar-refractivity contribution in [2.45, 2.75) is 14.4 Å². The highest BCUT2D eigenvalue weighted by Crippen LogP contribution is 1.70. The fourth-order valence-electron chi connectivity index (χ4n) is 0.117. The summed E-state index contributed by atoms with van der Waals surface area (Å²) in [6.45, 7) is 4.48. The highest BCUT2D eigenvalue weighted by atomic mass is 19.0. The van der Waals surface area contributed by atoms with Crippen molar-refractivity contribution >= 4 is 5.97 Å². The standard InChI is InChI=1S/C4H6O2.CH4.FH/c1-3-6-4(2)5;;/h3H,1H2,2H3;1H4;1H. The van der Waals surface area contributed by atoms with E-state index in [1.165, 1.54) is 6.92 Å². The van der Waals surface area contributed by atoms with Crippen LogP contribution < -0.4 is 0 Å². The summed E-state index contributed by atoms with van der Waals surface area (Å²) in [6, 6.07) is 0. The van der Waals surface area contributed by atoms with Gasteiger partial charge in [-0.2, -0.15) is 0 Å². The molecule has 8 heavy (non-hydrogen) atoms. The van der Waals surface area contributed by atoms with Gasteiger partial charge in [-0.25, -0.2) is 0 Å². The van der Waals surface area contributed by atoms with E-state index >= 15 is 0 Å². The molecule has 3 heteroatoms. The molecule has 0 saturated carbocycles. The minimum Gasteiger partial charge on any atom is -0.435 e. The van der Waals surface area contributed by atoms with Crippen molar-refractivity contribution in [3.63, 3.8) is 0 Å². The molecule has 0 saturated heterocycles. The SMILES string of the molecule is C.C=COC(C)=O.F. The molecule has 0 amide bonds. The summed E-state index contributed by atoms with van der Waals surface area (Å²) in [5.41, 5.74) is 0. The second kappa shape index (κ2) is 9.46. The van der Waals surface area contributed by atoms with E-state index in [2.05, 4.69) is 11.3 Å². The minimum atomic E-state index is -0.329. The van der Waals surface area contributed by atoms with Crippen LogP contribution in [0.15, 0.2) is 12.8 Å². The zero-order chi connectivity index (χ0) is 4.99. The van der Waals surface area contributed by atoms with Crippen molar-refractivity contribution in [3.8, 4) is 0 Å². The Hall–Kier alpha value is -0.860. The summed E-state index contributed by atoms with van der Waals surface area (Å²) < 4.78 is 4.17. The maximum atomic E-state index is 9.75. The van der Waals surface area contributed by atoms with E-state index in [1.54, 1.807) is 0 Å². The van der Waals surface area contributed by atoms with E-state index in [4.69, 9.17) is 0 Å². The Balaban J connectivity index is -0.000000125. The second-order valence-corrected chi connectivity index (χ2v) is 0.776. The van der Waals surface area contributed by atoms with Crippen molar-refractivity contribution < 1.29 is 14.2 Å². The van der Waals surface area contributed by atoms with E-state index in [0.29, 0.717) is 0 Å². The first-order chi connectivity index (χ1) is 2.77.